The van der Waals surface area contributed by atoms with Gasteiger partial charge in [-0.25, -0.2) is 9.97 Å². The highest BCUT2D eigenvalue weighted by Gasteiger charge is 2.27. The van der Waals surface area contributed by atoms with Crippen molar-refractivity contribution >= 4 is 21.7 Å². The first-order chi connectivity index (χ1) is 9.76. The second kappa shape index (κ2) is 5.87. The van der Waals surface area contributed by atoms with Crippen molar-refractivity contribution in [2.75, 3.05) is 5.32 Å². The smallest absolute Gasteiger partial charge is 0.135 e. The number of hydrogen-bond donors (Lipinski definition) is 1. The maximum Gasteiger partial charge on any atom is 0.135 e. The summed E-state index contributed by atoms with van der Waals surface area (Å²) >= 11 is 3.46. The maximum absolute atomic E-state index is 4.59. The van der Waals surface area contributed by atoms with Crippen LogP contribution in [0.15, 0.2) is 29.0 Å². The van der Waals surface area contributed by atoms with Crippen molar-refractivity contribution in [3.8, 4) is 0 Å². The molecule has 0 unspecified atom stereocenters. The number of nitrogens with one attached hydrogen (secondary N) is 1. The van der Waals surface area contributed by atoms with Gasteiger partial charge in [-0.1, -0.05) is 13.0 Å². The van der Waals surface area contributed by atoms with E-state index in [9.17, 15) is 0 Å². The molecule has 104 valence electrons. The van der Waals surface area contributed by atoms with E-state index >= 15 is 0 Å². The van der Waals surface area contributed by atoms with E-state index in [4.69, 9.17) is 0 Å². The Morgan fingerprint density at radius 2 is 2.20 bits per heavy atom. The van der Waals surface area contributed by atoms with Crippen LogP contribution in [-0.4, -0.2) is 15.0 Å². The second-order valence-electron chi connectivity index (χ2n) is 5.02. The molecule has 0 aromatic carbocycles. The van der Waals surface area contributed by atoms with E-state index < -0.39 is 0 Å². The molecule has 0 bridgehead atoms. The minimum atomic E-state index is 0.550. The number of pyridine rings is 1. The number of anilines is 1. The highest BCUT2D eigenvalue weighted by atomic mass is 79.9. The molecule has 0 amide bonds. The Labute approximate surface area is 127 Å². The Bertz CT molecular complexity index is 611. The third-order valence-corrected chi connectivity index (χ3v) is 3.86. The van der Waals surface area contributed by atoms with Crippen LogP contribution >= 0.6 is 15.9 Å². The lowest BCUT2D eigenvalue weighted by Gasteiger charge is -2.10. The van der Waals surface area contributed by atoms with Crippen LogP contribution in [0.5, 0.6) is 0 Å². The van der Waals surface area contributed by atoms with Crippen LogP contribution in [0.4, 0.5) is 5.82 Å². The van der Waals surface area contributed by atoms with Crippen molar-refractivity contribution in [2.45, 2.75) is 38.6 Å². The molecule has 2 aromatic heterocycles. The second-order valence-corrected chi connectivity index (χ2v) is 5.84. The van der Waals surface area contributed by atoms with Gasteiger partial charge in [0.1, 0.15) is 16.2 Å². The average Bonchev–Trinajstić information content (AvgIpc) is 3.29. The van der Waals surface area contributed by atoms with Crippen molar-refractivity contribution in [3.63, 3.8) is 0 Å². The molecule has 2 aromatic rings. The van der Waals surface area contributed by atoms with Gasteiger partial charge < -0.3 is 5.32 Å². The molecule has 5 heteroatoms. The number of rotatable bonds is 5. The van der Waals surface area contributed by atoms with Crippen LogP contribution in [0.3, 0.4) is 0 Å². The lowest BCUT2D eigenvalue weighted by molar-refractivity contribution is 0.901. The molecule has 20 heavy (non-hydrogen) atoms. The first-order valence-electron chi connectivity index (χ1n) is 6.97. The van der Waals surface area contributed by atoms with Gasteiger partial charge in [0, 0.05) is 18.2 Å². The van der Waals surface area contributed by atoms with Gasteiger partial charge in [-0.2, -0.15) is 0 Å². The van der Waals surface area contributed by atoms with E-state index in [-0.39, 0.29) is 0 Å². The molecule has 2 heterocycles. The highest BCUT2D eigenvalue weighted by Crippen LogP contribution is 2.38. The third kappa shape index (κ3) is 3.15. The molecule has 0 atom stereocenters. The molecule has 1 N–H and O–H groups in total. The van der Waals surface area contributed by atoms with Gasteiger partial charge in [0.05, 0.1) is 12.2 Å². The van der Waals surface area contributed by atoms with E-state index in [1.807, 2.05) is 18.3 Å². The van der Waals surface area contributed by atoms with Crippen molar-refractivity contribution in [1.29, 1.82) is 0 Å². The van der Waals surface area contributed by atoms with E-state index in [2.05, 4.69) is 49.2 Å². The zero-order valence-electron chi connectivity index (χ0n) is 11.4. The first kappa shape index (κ1) is 13.5. The molecule has 3 rings (SSSR count). The molecule has 0 saturated heterocycles. The summed E-state index contributed by atoms with van der Waals surface area (Å²) in [7, 11) is 0. The van der Waals surface area contributed by atoms with Crippen LogP contribution in [0.2, 0.25) is 0 Å². The Balaban J connectivity index is 1.74. The first-order valence-corrected chi connectivity index (χ1v) is 7.76. The summed E-state index contributed by atoms with van der Waals surface area (Å²) in [5.41, 5.74) is 2.35. The standard InChI is InChI=1S/C15H17BrN4/c1-2-10-4-3-7-17-12(10)9-18-14-8-13(16)19-15(20-14)11-5-6-11/h3-4,7-8,11H,2,5-6,9H2,1H3,(H,18,19,20). The maximum atomic E-state index is 4.59. The Morgan fingerprint density at radius 3 is 2.95 bits per heavy atom. The van der Waals surface area contributed by atoms with Crippen molar-refractivity contribution < 1.29 is 0 Å². The molecule has 0 aliphatic heterocycles. The summed E-state index contributed by atoms with van der Waals surface area (Å²) in [6, 6.07) is 6.02. The molecule has 1 fully saturated rings. The SMILES string of the molecule is CCc1cccnc1CNc1cc(Br)nc(C2CC2)n1. The van der Waals surface area contributed by atoms with Gasteiger partial charge in [0.15, 0.2) is 0 Å². The third-order valence-electron chi connectivity index (χ3n) is 3.46. The minimum Gasteiger partial charge on any atom is -0.364 e. The summed E-state index contributed by atoms with van der Waals surface area (Å²) in [5, 5.41) is 3.36. The fourth-order valence-corrected chi connectivity index (χ4v) is 2.58. The summed E-state index contributed by atoms with van der Waals surface area (Å²) < 4.78 is 0.841. The zero-order chi connectivity index (χ0) is 13.9. The minimum absolute atomic E-state index is 0.550. The van der Waals surface area contributed by atoms with E-state index in [1.165, 1.54) is 18.4 Å². The van der Waals surface area contributed by atoms with Crippen molar-refractivity contribution in [1.82, 2.24) is 15.0 Å². The number of aryl methyl sites for hydroxylation is 1. The molecule has 1 saturated carbocycles. The monoisotopic (exact) mass is 332 g/mol. The number of aromatic nitrogens is 3. The normalized spacial score (nSPS) is 14.3. The van der Waals surface area contributed by atoms with Crippen molar-refractivity contribution in [3.05, 3.63) is 46.1 Å². The van der Waals surface area contributed by atoms with Gasteiger partial charge in [-0.05, 0) is 46.8 Å². The molecular formula is C15H17BrN4. The van der Waals surface area contributed by atoms with Crippen LogP contribution < -0.4 is 5.32 Å². The largest absolute Gasteiger partial charge is 0.364 e. The predicted molar refractivity (Wildman–Crippen MR) is 82.6 cm³/mol. The lowest BCUT2D eigenvalue weighted by atomic mass is 10.1. The fourth-order valence-electron chi connectivity index (χ4n) is 2.18. The number of nitrogens with zero attached hydrogens (tertiary/aromatic N) is 3. The lowest BCUT2D eigenvalue weighted by Crippen LogP contribution is -2.07. The van der Waals surface area contributed by atoms with Crippen LogP contribution in [0.1, 0.15) is 42.8 Å². The van der Waals surface area contributed by atoms with Crippen LogP contribution in [0.25, 0.3) is 0 Å². The van der Waals surface area contributed by atoms with Crippen LogP contribution in [0, 0.1) is 0 Å². The Morgan fingerprint density at radius 1 is 1.35 bits per heavy atom. The van der Waals surface area contributed by atoms with E-state index in [0.29, 0.717) is 12.5 Å². The zero-order valence-corrected chi connectivity index (χ0v) is 13.0. The van der Waals surface area contributed by atoms with Gasteiger partial charge in [0.25, 0.3) is 0 Å². The molecular weight excluding hydrogens is 316 g/mol. The summed E-state index contributed by atoms with van der Waals surface area (Å²) in [4.78, 5) is 13.5. The van der Waals surface area contributed by atoms with Gasteiger partial charge in [0.2, 0.25) is 0 Å². The Kier molecular flexibility index (Phi) is 3.96. The number of halogens is 1. The Hall–Kier alpha value is -1.49. The molecule has 1 aliphatic carbocycles. The van der Waals surface area contributed by atoms with Gasteiger partial charge in [-0.3, -0.25) is 4.98 Å². The van der Waals surface area contributed by atoms with Gasteiger partial charge in [-0.15, -0.1) is 0 Å². The summed E-state index contributed by atoms with van der Waals surface area (Å²) in [6.45, 7) is 2.84. The average molecular weight is 333 g/mol. The van der Waals surface area contributed by atoms with Gasteiger partial charge >= 0.3 is 0 Å². The predicted octanol–water partition coefficient (Wildman–Crippen LogP) is 3.69. The molecule has 0 radical (unpaired) electrons. The topological polar surface area (TPSA) is 50.7 Å². The molecule has 4 nitrogen and oxygen atoms in total. The highest BCUT2D eigenvalue weighted by molar-refractivity contribution is 9.10. The van der Waals surface area contributed by atoms with Crippen LogP contribution in [-0.2, 0) is 13.0 Å². The summed E-state index contributed by atoms with van der Waals surface area (Å²) in [5.74, 6) is 2.36. The van der Waals surface area contributed by atoms with Crippen molar-refractivity contribution in [2.24, 2.45) is 0 Å². The molecule has 1 aliphatic rings. The summed E-state index contributed by atoms with van der Waals surface area (Å²) in [6.07, 6.45) is 5.24. The number of hydrogen-bond acceptors (Lipinski definition) is 4. The van der Waals surface area contributed by atoms with E-state index in [0.717, 1.165) is 28.4 Å². The fraction of sp³-hybridized carbons (Fsp3) is 0.400. The molecule has 0 spiro atoms. The quantitative estimate of drug-likeness (QED) is 0.848. The van der Waals surface area contributed by atoms with E-state index in [1.54, 1.807) is 0 Å².